The zero-order valence-corrected chi connectivity index (χ0v) is 16.7. The predicted octanol–water partition coefficient (Wildman–Crippen LogP) is 2.67. The molecule has 0 unspecified atom stereocenters. The third-order valence-corrected chi connectivity index (χ3v) is 4.94. The van der Waals surface area contributed by atoms with Crippen molar-refractivity contribution in [2.24, 2.45) is 0 Å². The number of methoxy groups -OCH3 is 1. The average Bonchev–Trinajstić information content (AvgIpc) is 2.76. The van der Waals surface area contributed by atoms with Gasteiger partial charge in [-0.15, -0.1) is 0 Å². The van der Waals surface area contributed by atoms with Crippen LogP contribution in [0.25, 0.3) is 0 Å². The van der Waals surface area contributed by atoms with Crippen molar-refractivity contribution in [2.45, 2.75) is 45.2 Å². The fraction of sp³-hybridized carbons (Fsp3) is 0.550. The van der Waals surface area contributed by atoms with Gasteiger partial charge in [-0.1, -0.05) is 25.1 Å². The van der Waals surface area contributed by atoms with E-state index in [1.807, 2.05) is 31.2 Å². The lowest BCUT2D eigenvalue weighted by atomic mass is 10.1. The summed E-state index contributed by atoms with van der Waals surface area (Å²) in [6, 6.07) is 7.78. The van der Waals surface area contributed by atoms with E-state index in [1.165, 1.54) is 6.42 Å². The van der Waals surface area contributed by atoms with E-state index in [1.54, 1.807) is 7.11 Å². The fourth-order valence-corrected chi connectivity index (χ4v) is 3.23. The minimum atomic E-state index is -0.0846. The molecule has 8 heteroatoms. The molecular weight excluding hydrogens is 356 g/mol. The molecule has 8 nitrogen and oxygen atoms in total. The summed E-state index contributed by atoms with van der Waals surface area (Å²) < 4.78 is 5.42. The van der Waals surface area contributed by atoms with Gasteiger partial charge >= 0.3 is 0 Å². The van der Waals surface area contributed by atoms with Gasteiger partial charge in [0, 0.05) is 25.2 Å². The van der Waals surface area contributed by atoms with Crippen LogP contribution in [0.15, 0.2) is 24.3 Å². The standard InChI is InChI=1S/C20H30N6O2/c1-3-16(14-27)22-19-23-18(21-13-15-9-5-6-10-17(15)28-2)24-20(25-19)26-11-7-4-8-12-26/h5-6,9-10,16,27H,3-4,7-8,11-14H2,1-2H3,(H2,21,22,23,24,25)/t16-/m1/s1. The largest absolute Gasteiger partial charge is 0.496 e. The molecular formula is C20H30N6O2. The maximum absolute atomic E-state index is 9.51. The van der Waals surface area contributed by atoms with Crippen molar-refractivity contribution in [1.29, 1.82) is 0 Å². The first-order valence-corrected chi connectivity index (χ1v) is 9.97. The summed E-state index contributed by atoms with van der Waals surface area (Å²) in [6.45, 7) is 4.50. The van der Waals surface area contributed by atoms with Crippen LogP contribution in [0.3, 0.4) is 0 Å². The molecule has 1 aromatic heterocycles. The molecule has 3 rings (SSSR count). The minimum Gasteiger partial charge on any atom is -0.496 e. The topological polar surface area (TPSA) is 95.4 Å². The average molecular weight is 387 g/mol. The van der Waals surface area contributed by atoms with Crippen LogP contribution in [0, 0.1) is 0 Å². The Morgan fingerprint density at radius 3 is 2.57 bits per heavy atom. The summed E-state index contributed by atoms with van der Waals surface area (Å²) in [5, 5.41) is 16.0. The predicted molar refractivity (Wildman–Crippen MR) is 111 cm³/mol. The molecule has 0 amide bonds. The zero-order chi connectivity index (χ0) is 19.8. The Hall–Kier alpha value is -2.61. The van der Waals surface area contributed by atoms with Crippen LogP contribution in [0.5, 0.6) is 5.75 Å². The van der Waals surface area contributed by atoms with Gasteiger partial charge in [0.25, 0.3) is 0 Å². The van der Waals surface area contributed by atoms with Crippen LogP contribution in [0.1, 0.15) is 38.2 Å². The lowest BCUT2D eigenvalue weighted by Crippen LogP contribution is -2.32. The van der Waals surface area contributed by atoms with Crippen LogP contribution < -0.4 is 20.3 Å². The van der Waals surface area contributed by atoms with Gasteiger partial charge in [-0.05, 0) is 31.7 Å². The lowest BCUT2D eigenvalue weighted by Gasteiger charge is -2.27. The van der Waals surface area contributed by atoms with Gasteiger partial charge in [0.1, 0.15) is 5.75 Å². The molecule has 1 atom stereocenters. The second kappa shape index (κ2) is 10.1. The van der Waals surface area contributed by atoms with Gasteiger partial charge in [0.2, 0.25) is 17.8 Å². The smallest absolute Gasteiger partial charge is 0.231 e. The van der Waals surface area contributed by atoms with Crippen molar-refractivity contribution in [3.05, 3.63) is 29.8 Å². The Labute approximate surface area is 166 Å². The van der Waals surface area contributed by atoms with E-state index in [4.69, 9.17) is 4.74 Å². The molecule has 0 saturated carbocycles. The zero-order valence-electron chi connectivity index (χ0n) is 16.7. The van der Waals surface area contributed by atoms with Crippen molar-refractivity contribution < 1.29 is 9.84 Å². The van der Waals surface area contributed by atoms with E-state index in [2.05, 4.69) is 30.5 Å². The SMILES string of the molecule is CC[C@H](CO)Nc1nc(NCc2ccccc2OC)nc(N2CCCCC2)n1. The Kier molecular flexibility index (Phi) is 7.25. The van der Waals surface area contributed by atoms with Crippen molar-refractivity contribution in [2.75, 3.05) is 42.3 Å². The summed E-state index contributed by atoms with van der Waals surface area (Å²) in [7, 11) is 1.66. The van der Waals surface area contributed by atoms with Gasteiger partial charge in [0.05, 0.1) is 19.8 Å². The number of rotatable bonds is 9. The van der Waals surface area contributed by atoms with Gasteiger partial charge in [-0.25, -0.2) is 0 Å². The molecule has 1 saturated heterocycles. The molecule has 3 N–H and O–H groups in total. The number of para-hydroxylation sites is 1. The minimum absolute atomic E-state index is 0.0329. The van der Waals surface area contributed by atoms with Gasteiger partial charge in [-0.2, -0.15) is 15.0 Å². The highest BCUT2D eigenvalue weighted by Crippen LogP contribution is 2.21. The number of aromatic nitrogens is 3. The molecule has 0 radical (unpaired) electrons. The van der Waals surface area contributed by atoms with Crippen LogP contribution in [0.4, 0.5) is 17.8 Å². The number of benzene rings is 1. The highest BCUT2D eigenvalue weighted by molar-refractivity contribution is 5.45. The number of piperidine rings is 1. The van der Waals surface area contributed by atoms with E-state index < -0.39 is 0 Å². The van der Waals surface area contributed by atoms with Gasteiger partial charge in [0.15, 0.2) is 0 Å². The van der Waals surface area contributed by atoms with Crippen molar-refractivity contribution in [3.63, 3.8) is 0 Å². The summed E-state index contributed by atoms with van der Waals surface area (Å²) in [5.74, 6) is 2.49. The normalized spacial score (nSPS) is 15.2. The molecule has 1 aromatic carbocycles. The van der Waals surface area contributed by atoms with Crippen molar-refractivity contribution in [1.82, 2.24) is 15.0 Å². The monoisotopic (exact) mass is 386 g/mol. The van der Waals surface area contributed by atoms with Crippen molar-refractivity contribution >= 4 is 17.8 Å². The number of hydrogen-bond donors (Lipinski definition) is 3. The molecule has 0 aliphatic carbocycles. The molecule has 2 aromatic rings. The first-order chi connectivity index (χ1) is 13.7. The maximum atomic E-state index is 9.51. The van der Waals surface area contributed by atoms with Crippen LogP contribution >= 0.6 is 0 Å². The quantitative estimate of drug-likeness (QED) is 0.605. The number of ether oxygens (including phenoxy) is 1. The second-order valence-electron chi connectivity index (χ2n) is 6.93. The molecule has 2 heterocycles. The number of anilines is 3. The molecule has 1 aliphatic rings. The molecule has 0 bridgehead atoms. The van der Waals surface area contributed by atoms with E-state index in [0.29, 0.717) is 24.4 Å². The number of nitrogens with one attached hydrogen (secondary N) is 2. The van der Waals surface area contributed by atoms with E-state index in [-0.39, 0.29) is 12.6 Å². The number of hydrogen-bond acceptors (Lipinski definition) is 8. The first kappa shape index (κ1) is 20.1. The fourth-order valence-electron chi connectivity index (χ4n) is 3.23. The third kappa shape index (κ3) is 5.22. The number of nitrogens with zero attached hydrogens (tertiary/aromatic N) is 4. The Bertz CT molecular complexity index is 747. The second-order valence-corrected chi connectivity index (χ2v) is 6.93. The van der Waals surface area contributed by atoms with E-state index in [0.717, 1.165) is 43.7 Å². The Morgan fingerprint density at radius 2 is 1.86 bits per heavy atom. The van der Waals surface area contributed by atoms with E-state index in [9.17, 15) is 5.11 Å². The molecule has 0 spiro atoms. The summed E-state index contributed by atoms with van der Waals surface area (Å²) in [6.07, 6.45) is 4.32. The number of aliphatic hydroxyl groups is 1. The first-order valence-electron chi connectivity index (χ1n) is 9.97. The van der Waals surface area contributed by atoms with Crippen LogP contribution in [-0.4, -0.2) is 52.9 Å². The highest BCUT2D eigenvalue weighted by Gasteiger charge is 2.17. The van der Waals surface area contributed by atoms with Gasteiger partial charge in [-0.3, -0.25) is 0 Å². The lowest BCUT2D eigenvalue weighted by molar-refractivity contribution is 0.271. The van der Waals surface area contributed by atoms with Crippen molar-refractivity contribution in [3.8, 4) is 5.75 Å². The molecule has 1 fully saturated rings. The maximum Gasteiger partial charge on any atom is 0.231 e. The summed E-state index contributed by atoms with van der Waals surface area (Å²) in [5.41, 5.74) is 1.03. The number of aliphatic hydroxyl groups excluding tert-OH is 1. The molecule has 152 valence electrons. The Balaban J connectivity index is 1.81. The highest BCUT2D eigenvalue weighted by atomic mass is 16.5. The van der Waals surface area contributed by atoms with Crippen LogP contribution in [0.2, 0.25) is 0 Å². The van der Waals surface area contributed by atoms with E-state index >= 15 is 0 Å². The van der Waals surface area contributed by atoms with Crippen LogP contribution in [-0.2, 0) is 6.54 Å². The third-order valence-electron chi connectivity index (χ3n) is 4.94. The summed E-state index contributed by atoms with van der Waals surface area (Å²) in [4.78, 5) is 15.9. The molecule has 1 aliphatic heterocycles. The van der Waals surface area contributed by atoms with Gasteiger partial charge < -0.3 is 25.4 Å². The Morgan fingerprint density at radius 1 is 1.11 bits per heavy atom. The summed E-state index contributed by atoms with van der Waals surface area (Å²) >= 11 is 0. The molecule has 28 heavy (non-hydrogen) atoms.